The summed E-state index contributed by atoms with van der Waals surface area (Å²) in [5.41, 5.74) is 5.26. The molecule has 0 fully saturated rings. The van der Waals surface area contributed by atoms with Crippen LogP contribution < -0.4 is 5.73 Å². The quantitative estimate of drug-likeness (QED) is 0.387. The molecule has 0 spiro atoms. The van der Waals surface area contributed by atoms with Gasteiger partial charge in [-0.05, 0) is 6.92 Å². The third-order valence-corrected chi connectivity index (χ3v) is 1.35. The van der Waals surface area contributed by atoms with Crippen LogP contribution in [0.4, 0.5) is 5.95 Å². The maximum atomic E-state index is 11.1. The van der Waals surface area contributed by atoms with Gasteiger partial charge in [0.1, 0.15) is 12.9 Å². The lowest BCUT2D eigenvalue weighted by molar-refractivity contribution is -0.156. The minimum atomic E-state index is -0.441. The van der Waals surface area contributed by atoms with Crippen molar-refractivity contribution in [2.75, 3.05) is 19.1 Å². The van der Waals surface area contributed by atoms with Crippen molar-refractivity contribution in [1.29, 1.82) is 0 Å². The number of anilines is 1. The van der Waals surface area contributed by atoms with E-state index in [9.17, 15) is 4.79 Å². The number of aromatic nitrogens is 3. The highest BCUT2D eigenvalue weighted by atomic mass is 16.7. The second-order valence-electron chi connectivity index (χ2n) is 2.43. The van der Waals surface area contributed by atoms with E-state index in [1.807, 2.05) is 6.92 Å². The summed E-state index contributed by atoms with van der Waals surface area (Å²) in [4.78, 5) is 14.7. The van der Waals surface area contributed by atoms with Gasteiger partial charge < -0.3 is 15.2 Å². The van der Waals surface area contributed by atoms with Crippen LogP contribution in [0.3, 0.4) is 0 Å². The molecular weight excluding hydrogens is 188 g/mol. The Morgan fingerprint density at radius 3 is 3.07 bits per heavy atom. The van der Waals surface area contributed by atoms with Crippen molar-refractivity contribution in [1.82, 2.24) is 14.8 Å². The number of carbonyl (C=O) groups excluding carboxylic acids is 1. The first-order valence-electron chi connectivity index (χ1n) is 4.10. The number of esters is 1. The van der Waals surface area contributed by atoms with Crippen LogP contribution in [0.25, 0.3) is 0 Å². The molecular formula is C7H12N4O3. The second kappa shape index (κ2) is 5.18. The first-order valence-corrected chi connectivity index (χ1v) is 4.10. The molecule has 1 aromatic rings. The molecule has 14 heavy (non-hydrogen) atoms. The van der Waals surface area contributed by atoms with Gasteiger partial charge in [-0.25, -0.2) is 14.5 Å². The normalized spacial score (nSPS) is 10.1. The zero-order chi connectivity index (χ0) is 10.4. The number of hydrogen-bond donors (Lipinski definition) is 1. The van der Waals surface area contributed by atoms with E-state index in [-0.39, 0.29) is 19.3 Å². The van der Waals surface area contributed by atoms with Crippen LogP contribution in [-0.4, -0.2) is 34.1 Å². The fourth-order valence-corrected chi connectivity index (χ4v) is 0.754. The molecule has 0 aliphatic rings. The molecule has 7 heteroatoms. The van der Waals surface area contributed by atoms with Crippen LogP contribution >= 0.6 is 0 Å². The fourth-order valence-electron chi connectivity index (χ4n) is 0.754. The number of hydrogen-bond acceptors (Lipinski definition) is 6. The van der Waals surface area contributed by atoms with Crippen molar-refractivity contribution in [2.45, 2.75) is 13.5 Å². The van der Waals surface area contributed by atoms with E-state index in [0.717, 1.165) is 0 Å². The van der Waals surface area contributed by atoms with Gasteiger partial charge >= 0.3 is 5.97 Å². The summed E-state index contributed by atoms with van der Waals surface area (Å²) >= 11 is 0. The molecule has 1 heterocycles. The van der Waals surface area contributed by atoms with Crippen LogP contribution in [0, 0.1) is 0 Å². The summed E-state index contributed by atoms with van der Waals surface area (Å²) in [6.45, 7) is 2.26. The molecule has 0 aliphatic heterocycles. The monoisotopic (exact) mass is 200 g/mol. The molecule has 0 amide bonds. The predicted octanol–water partition coefficient (Wildman–Crippen LogP) is -0.603. The van der Waals surface area contributed by atoms with E-state index in [4.69, 9.17) is 15.2 Å². The van der Waals surface area contributed by atoms with E-state index in [1.54, 1.807) is 0 Å². The first kappa shape index (κ1) is 10.5. The maximum absolute atomic E-state index is 11.1. The largest absolute Gasteiger partial charge is 0.437 e. The Morgan fingerprint density at radius 1 is 1.71 bits per heavy atom. The van der Waals surface area contributed by atoms with Gasteiger partial charge in [0.25, 0.3) is 0 Å². The van der Waals surface area contributed by atoms with Crippen LogP contribution in [0.5, 0.6) is 0 Å². The van der Waals surface area contributed by atoms with Crippen LogP contribution in [-0.2, 0) is 20.8 Å². The molecule has 1 rings (SSSR count). The van der Waals surface area contributed by atoms with Crippen LogP contribution in [0.1, 0.15) is 6.92 Å². The van der Waals surface area contributed by atoms with E-state index in [1.165, 1.54) is 11.0 Å². The highest BCUT2D eigenvalue weighted by molar-refractivity contribution is 5.68. The smallest absolute Gasteiger partial charge is 0.329 e. The number of nitrogens with two attached hydrogens (primary N) is 1. The molecule has 0 saturated heterocycles. The van der Waals surface area contributed by atoms with Gasteiger partial charge in [0, 0.05) is 6.61 Å². The van der Waals surface area contributed by atoms with Gasteiger partial charge in [0.2, 0.25) is 5.95 Å². The van der Waals surface area contributed by atoms with Crippen molar-refractivity contribution in [3.63, 3.8) is 0 Å². The number of nitrogen functional groups attached to an aromatic ring is 1. The van der Waals surface area contributed by atoms with E-state index < -0.39 is 5.97 Å². The lowest BCUT2D eigenvalue weighted by atomic mass is 10.7. The molecule has 0 bridgehead atoms. The second-order valence-corrected chi connectivity index (χ2v) is 2.43. The Labute approximate surface area is 80.8 Å². The number of rotatable bonds is 5. The van der Waals surface area contributed by atoms with Crippen molar-refractivity contribution < 1.29 is 14.3 Å². The summed E-state index contributed by atoms with van der Waals surface area (Å²) in [7, 11) is 0. The minimum Gasteiger partial charge on any atom is -0.437 e. The van der Waals surface area contributed by atoms with E-state index in [2.05, 4.69) is 10.1 Å². The average molecular weight is 200 g/mol. The number of ether oxygens (including phenoxy) is 2. The van der Waals surface area contributed by atoms with Crippen molar-refractivity contribution in [3.05, 3.63) is 6.33 Å². The third-order valence-electron chi connectivity index (χ3n) is 1.35. The lowest BCUT2D eigenvalue weighted by Crippen LogP contribution is -2.15. The summed E-state index contributed by atoms with van der Waals surface area (Å²) in [6, 6.07) is 0. The van der Waals surface area contributed by atoms with Crippen molar-refractivity contribution in [2.24, 2.45) is 0 Å². The average Bonchev–Trinajstić information content (AvgIpc) is 2.52. The van der Waals surface area contributed by atoms with E-state index in [0.29, 0.717) is 6.61 Å². The topological polar surface area (TPSA) is 92.3 Å². The molecule has 1 aromatic heterocycles. The molecule has 0 saturated carbocycles. The maximum Gasteiger partial charge on any atom is 0.329 e. The highest BCUT2D eigenvalue weighted by Crippen LogP contribution is 1.91. The Bertz CT molecular complexity index is 299. The number of nitrogens with zero attached hydrogens (tertiary/aromatic N) is 3. The van der Waals surface area contributed by atoms with Gasteiger partial charge in [0.15, 0.2) is 6.79 Å². The van der Waals surface area contributed by atoms with Gasteiger partial charge in [-0.15, -0.1) is 5.10 Å². The van der Waals surface area contributed by atoms with Gasteiger partial charge in [-0.1, -0.05) is 0 Å². The van der Waals surface area contributed by atoms with Gasteiger partial charge in [-0.3, -0.25) is 0 Å². The summed E-state index contributed by atoms with van der Waals surface area (Å²) < 4.78 is 10.8. The molecule has 78 valence electrons. The summed E-state index contributed by atoms with van der Waals surface area (Å²) in [5.74, 6) is -0.314. The molecule has 0 radical (unpaired) electrons. The van der Waals surface area contributed by atoms with Gasteiger partial charge in [0.05, 0.1) is 0 Å². The Hall–Kier alpha value is -1.63. The molecule has 0 aromatic carbocycles. The Morgan fingerprint density at radius 2 is 2.50 bits per heavy atom. The minimum absolute atomic E-state index is 0.0166. The highest BCUT2D eigenvalue weighted by Gasteiger charge is 2.05. The van der Waals surface area contributed by atoms with Crippen LogP contribution in [0.2, 0.25) is 0 Å². The lowest BCUT2D eigenvalue weighted by Gasteiger charge is -2.03. The standard InChI is InChI=1S/C7H12N4O3/c1-2-13-5-14-6(12)3-11-4-9-7(8)10-11/h4H,2-3,5H2,1H3,(H2,8,10). The van der Waals surface area contributed by atoms with Crippen molar-refractivity contribution in [3.8, 4) is 0 Å². The van der Waals surface area contributed by atoms with Crippen molar-refractivity contribution >= 4 is 11.9 Å². The number of carbonyl (C=O) groups is 1. The fraction of sp³-hybridized carbons (Fsp3) is 0.571. The molecule has 2 N–H and O–H groups in total. The third kappa shape index (κ3) is 3.40. The molecule has 0 unspecified atom stereocenters. The van der Waals surface area contributed by atoms with Gasteiger partial charge in [-0.2, -0.15) is 0 Å². The Kier molecular flexibility index (Phi) is 3.86. The zero-order valence-electron chi connectivity index (χ0n) is 7.84. The SMILES string of the molecule is CCOCOC(=O)Cn1cnc(N)n1. The first-order chi connectivity index (χ1) is 6.72. The summed E-state index contributed by atoms with van der Waals surface area (Å²) in [5, 5.41) is 3.72. The summed E-state index contributed by atoms with van der Waals surface area (Å²) in [6.07, 6.45) is 1.36. The molecule has 7 nitrogen and oxygen atoms in total. The molecule has 0 atom stereocenters. The molecule has 0 aliphatic carbocycles. The zero-order valence-corrected chi connectivity index (χ0v) is 7.84. The predicted molar refractivity (Wildman–Crippen MR) is 47.0 cm³/mol. The Balaban J connectivity index is 2.27. The van der Waals surface area contributed by atoms with E-state index >= 15 is 0 Å². The van der Waals surface area contributed by atoms with Crippen LogP contribution in [0.15, 0.2) is 6.33 Å².